The number of nitrogens with one attached hydrogen (secondary N) is 2. The van der Waals surface area contributed by atoms with Crippen LogP contribution in [0.25, 0.3) is 0 Å². The Morgan fingerprint density at radius 2 is 1.76 bits per heavy atom. The van der Waals surface area contributed by atoms with Gasteiger partial charge in [0.2, 0.25) is 0 Å². The molecule has 6 heteroatoms. The molecule has 3 heterocycles. The number of anilines is 4. The second kappa shape index (κ2) is 8.73. The lowest BCUT2D eigenvalue weighted by Gasteiger charge is -2.32. The quantitative estimate of drug-likeness (QED) is 0.663. The van der Waals surface area contributed by atoms with Crippen molar-refractivity contribution in [3.8, 4) is 0 Å². The Balaban J connectivity index is 1.34. The van der Waals surface area contributed by atoms with Crippen molar-refractivity contribution in [1.82, 2.24) is 9.97 Å². The largest absolute Gasteiger partial charge is 0.372 e. The van der Waals surface area contributed by atoms with Gasteiger partial charge in [-0.1, -0.05) is 6.92 Å². The van der Waals surface area contributed by atoms with Gasteiger partial charge in [0.15, 0.2) is 0 Å². The van der Waals surface area contributed by atoms with Crippen molar-refractivity contribution in [2.75, 3.05) is 28.6 Å². The molecule has 1 aliphatic rings. The van der Waals surface area contributed by atoms with E-state index in [0.29, 0.717) is 11.4 Å². The second-order valence-electron chi connectivity index (χ2n) is 7.47. The first-order chi connectivity index (χ1) is 14.2. The third kappa shape index (κ3) is 4.90. The van der Waals surface area contributed by atoms with Gasteiger partial charge in [-0.2, -0.15) is 0 Å². The molecular weight excluding hydrogens is 362 g/mol. The van der Waals surface area contributed by atoms with Gasteiger partial charge in [0.25, 0.3) is 5.91 Å². The Hall–Kier alpha value is -3.41. The Morgan fingerprint density at radius 1 is 1.00 bits per heavy atom. The molecule has 1 amide bonds. The molecule has 4 rings (SSSR count). The van der Waals surface area contributed by atoms with Crippen LogP contribution in [0, 0.1) is 5.92 Å². The van der Waals surface area contributed by atoms with E-state index in [0.717, 1.165) is 30.4 Å². The Kier molecular flexibility index (Phi) is 5.70. The molecule has 0 spiro atoms. The van der Waals surface area contributed by atoms with Crippen molar-refractivity contribution in [2.24, 2.45) is 5.92 Å². The van der Waals surface area contributed by atoms with Crippen LogP contribution in [-0.4, -0.2) is 29.0 Å². The van der Waals surface area contributed by atoms with Gasteiger partial charge in [-0.15, -0.1) is 0 Å². The maximum atomic E-state index is 12.2. The number of carbonyl (C=O) groups excluding carboxylic acids is 1. The maximum absolute atomic E-state index is 12.2. The molecular formula is C23H25N5O. The van der Waals surface area contributed by atoms with Crippen molar-refractivity contribution >= 4 is 28.8 Å². The fourth-order valence-electron chi connectivity index (χ4n) is 3.42. The van der Waals surface area contributed by atoms with Gasteiger partial charge in [0.1, 0.15) is 5.82 Å². The standard InChI is InChI=1S/C23H25N5O/c1-17-10-13-28(14-11-17)21-7-4-19(5-8-21)26-20-6-9-22(25-16-20)27-23(29)18-3-2-12-24-15-18/h2-9,12,15-17,26H,10-11,13-14H2,1H3,(H,25,27,29). The summed E-state index contributed by atoms with van der Waals surface area (Å²) in [6, 6.07) is 15.6. The normalized spacial score (nSPS) is 14.4. The minimum absolute atomic E-state index is 0.228. The third-order valence-corrected chi connectivity index (χ3v) is 5.23. The highest BCUT2D eigenvalue weighted by Gasteiger charge is 2.15. The number of nitrogens with zero attached hydrogens (tertiary/aromatic N) is 3. The van der Waals surface area contributed by atoms with Crippen LogP contribution >= 0.6 is 0 Å². The summed E-state index contributed by atoms with van der Waals surface area (Å²) in [6.07, 6.45) is 7.39. The van der Waals surface area contributed by atoms with Gasteiger partial charge in [-0.25, -0.2) is 4.98 Å². The average Bonchev–Trinajstić information content (AvgIpc) is 2.77. The van der Waals surface area contributed by atoms with Gasteiger partial charge in [0.05, 0.1) is 17.4 Å². The summed E-state index contributed by atoms with van der Waals surface area (Å²) in [4.78, 5) is 22.9. The van der Waals surface area contributed by atoms with E-state index in [4.69, 9.17) is 0 Å². The minimum Gasteiger partial charge on any atom is -0.372 e. The van der Waals surface area contributed by atoms with E-state index < -0.39 is 0 Å². The summed E-state index contributed by atoms with van der Waals surface area (Å²) in [5.74, 6) is 1.10. The molecule has 1 aliphatic heterocycles. The summed E-state index contributed by atoms with van der Waals surface area (Å²) in [7, 11) is 0. The minimum atomic E-state index is -0.228. The zero-order chi connectivity index (χ0) is 20.1. The number of pyridine rings is 2. The summed E-state index contributed by atoms with van der Waals surface area (Å²) in [5.41, 5.74) is 3.64. The number of piperidine rings is 1. The van der Waals surface area contributed by atoms with Gasteiger partial charge in [-0.3, -0.25) is 9.78 Å². The number of benzene rings is 1. The van der Waals surface area contributed by atoms with E-state index in [9.17, 15) is 4.79 Å². The van der Waals surface area contributed by atoms with E-state index >= 15 is 0 Å². The number of hydrogen-bond acceptors (Lipinski definition) is 5. The molecule has 2 aromatic heterocycles. The average molecular weight is 387 g/mol. The fraction of sp³-hybridized carbons (Fsp3) is 0.261. The maximum Gasteiger partial charge on any atom is 0.258 e. The lowest BCUT2D eigenvalue weighted by atomic mass is 9.99. The molecule has 3 aromatic rings. The van der Waals surface area contributed by atoms with Crippen LogP contribution in [0.1, 0.15) is 30.1 Å². The van der Waals surface area contributed by atoms with Crippen molar-refractivity contribution in [3.63, 3.8) is 0 Å². The molecule has 1 aromatic carbocycles. The van der Waals surface area contributed by atoms with E-state index in [1.165, 1.54) is 24.7 Å². The van der Waals surface area contributed by atoms with Crippen molar-refractivity contribution in [3.05, 3.63) is 72.7 Å². The van der Waals surface area contributed by atoms with Gasteiger partial charge < -0.3 is 15.5 Å². The van der Waals surface area contributed by atoms with Crippen LogP contribution in [-0.2, 0) is 0 Å². The third-order valence-electron chi connectivity index (χ3n) is 5.23. The van der Waals surface area contributed by atoms with Crippen LogP contribution in [0.4, 0.5) is 22.9 Å². The fourth-order valence-corrected chi connectivity index (χ4v) is 3.42. The van der Waals surface area contributed by atoms with Crippen LogP contribution in [0.2, 0.25) is 0 Å². The molecule has 0 unspecified atom stereocenters. The molecule has 2 N–H and O–H groups in total. The van der Waals surface area contributed by atoms with Crippen LogP contribution in [0.5, 0.6) is 0 Å². The van der Waals surface area contributed by atoms with Crippen molar-refractivity contribution in [1.29, 1.82) is 0 Å². The van der Waals surface area contributed by atoms with Crippen molar-refractivity contribution < 1.29 is 4.79 Å². The summed E-state index contributed by atoms with van der Waals surface area (Å²) >= 11 is 0. The summed E-state index contributed by atoms with van der Waals surface area (Å²) in [6.45, 7) is 4.59. The van der Waals surface area contributed by atoms with E-state index in [1.807, 2.05) is 6.07 Å². The zero-order valence-electron chi connectivity index (χ0n) is 16.5. The predicted molar refractivity (Wildman–Crippen MR) is 117 cm³/mol. The van der Waals surface area contributed by atoms with E-state index in [1.54, 1.807) is 30.6 Å². The van der Waals surface area contributed by atoms with Crippen LogP contribution < -0.4 is 15.5 Å². The van der Waals surface area contributed by atoms with Gasteiger partial charge >= 0.3 is 0 Å². The number of carbonyl (C=O) groups is 1. The predicted octanol–water partition coefficient (Wildman–Crippen LogP) is 4.71. The Morgan fingerprint density at radius 3 is 2.41 bits per heavy atom. The van der Waals surface area contributed by atoms with E-state index in [-0.39, 0.29) is 5.91 Å². The molecule has 29 heavy (non-hydrogen) atoms. The first kappa shape index (κ1) is 18.9. The van der Waals surface area contributed by atoms with Gasteiger partial charge in [-0.05, 0) is 67.3 Å². The molecule has 0 atom stereocenters. The highest BCUT2D eigenvalue weighted by atomic mass is 16.1. The summed E-state index contributed by atoms with van der Waals surface area (Å²) in [5, 5.41) is 6.12. The lowest BCUT2D eigenvalue weighted by molar-refractivity contribution is 0.102. The highest BCUT2D eigenvalue weighted by Crippen LogP contribution is 2.25. The second-order valence-corrected chi connectivity index (χ2v) is 7.47. The van der Waals surface area contributed by atoms with E-state index in [2.05, 4.69) is 56.7 Å². The molecule has 1 fully saturated rings. The molecule has 1 saturated heterocycles. The highest BCUT2D eigenvalue weighted by molar-refractivity contribution is 6.03. The molecule has 0 radical (unpaired) electrons. The Bertz CT molecular complexity index is 933. The number of amides is 1. The van der Waals surface area contributed by atoms with Crippen LogP contribution in [0.3, 0.4) is 0 Å². The van der Waals surface area contributed by atoms with Gasteiger partial charge in [0, 0.05) is 36.9 Å². The first-order valence-electron chi connectivity index (χ1n) is 9.97. The molecule has 148 valence electrons. The zero-order valence-corrected chi connectivity index (χ0v) is 16.5. The molecule has 6 nitrogen and oxygen atoms in total. The summed E-state index contributed by atoms with van der Waals surface area (Å²) < 4.78 is 0. The van der Waals surface area contributed by atoms with Crippen LogP contribution in [0.15, 0.2) is 67.1 Å². The number of hydrogen-bond donors (Lipinski definition) is 2. The molecule has 0 saturated carbocycles. The molecule has 0 bridgehead atoms. The SMILES string of the molecule is CC1CCN(c2ccc(Nc3ccc(NC(=O)c4cccnc4)nc3)cc2)CC1. The number of rotatable bonds is 5. The smallest absolute Gasteiger partial charge is 0.258 e. The van der Waals surface area contributed by atoms with Crippen molar-refractivity contribution in [2.45, 2.75) is 19.8 Å². The Labute approximate surface area is 171 Å². The molecule has 0 aliphatic carbocycles. The number of aromatic nitrogens is 2. The first-order valence-corrected chi connectivity index (χ1v) is 9.97. The topological polar surface area (TPSA) is 70.2 Å². The lowest BCUT2D eigenvalue weighted by Crippen LogP contribution is -2.32. The monoisotopic (exact) mass is 387 g/mol.